The first-order valence-corrected chi connectivity index (χ1v) is 11.0. The summed E-state index contributed by atoms with van der Waals surface area (Å²) in [5.41, 5.74) is 1.02. The van der Waals surface area contributed by atoms with Crippen molar-refractivity contribution in [3.8, 4) is 0 Å². The van der Waals surface area contributed by atoms with E-state index < -0.39 is 9.84 Å². The van der Waals surface area contributed by atoms with Gasteiger partial charge in [0, 0.05) is 0 Å². The number of aliphatic hydroxyl groups is 1. The summed E-state index contributed by atoms with van der Waals surface area (Å²) in [5.74, 6) is -0.0514. The average molecular weight is 421 g/mol. The summed E-state index contributed by atoms with van der Waals surface area (Å²) in [6.07, 6.45) is 0. The molecule has 0 aliphatic carbocycles. The van der Waals surface area contributed by atoms with Gasteiger partial charge in [0.25, 0.3) is 0 Å². The summed E-state index contributed by atoms with van der Waals surface area (Å²) in [5, 5.41) is 8.52. The standard InChI is InChI=1S/C19H32O8S/c1-18-2-4-19(5-3-18)28(21,22)17-16-27-15-14-26-13-12-25-11-10-24-9-8-23-7-6-20/h2-5,20H,6-17H2,1H3. The lowest BCUT2D eigenvalue weighted by Crippen LogP contribution is -2.16. The van der Waals surface area contributed by atoms with Crippen molar-refractivity contribution in [1.29, 1.82) is 0 Å². The molecule has 0 amide bonds. The molecule has 1 aromatic carbocycles. The number of rotatable bonds is 18. The zero-order chi connectivity index (χ0) is 20.5. The van der Waals surface area contributed by atoms with Crippen LogP contribution in [0.25, 0.3) is 0 Å². The summed E-state index contributed by atoms with van der Waals surface area (Å²) < 4.78 is 50.6. The third-order valence-corrected chi connectivity index (χ3v) is 5.29. The summed E-state index contributed by atoms with van der Waals surface area (Å²) in [6.45, 7) is 5.85. The lowest BCUT2D eigenvalue weighted by molar-refractivity contribution is -0.0124. The van der Waals surface area contributed by atoms with Gasteiger partial charge in [-0.3, -0.25) is 0 Å². The van der Waals surface area contributed by atoms with E-state index in [1.807, 2.05) is 6.92 Å². The average Bonchev–Trinajstić information content (AvgIpc) is 2.68. The van der Waals surface area contributed by atoms with Crippen LogP contribution in [0.1, 0.15) is 5.56 Å². The van der Waals surface area contributed by atoms with Gasteiger partial charge in [0.05, 0.1) is 83.3 Å². The number of aliphatic hydroxyl groups excluding tert-OH is 1. The lowest BCUT2D eigenvalue weighted by atomic mass is 10.2. The zero-order valence-electron chi connectivity index (χ0n) is 16.5. The van der Waals surface area contributed by atoms with E-state index in [0.717, 1.165) is 5.56 Å². The van der Waals surface area contributed by atoms with Crippen molar-refractivity contribution < 1.29 is 37.2 Å². The molecule has 0 atom stereocenters. The van der Waals surface area contributed by atoms with Crippen LogP contribution in [0.3, 0.4) is 0 Å². The third kappa shape index (κ3) is 12.4. The quantitative estimate of drug-likeness (QED) is 0.349. The molecule has 0 radical (unpaired) electrons. The second-order valence-electron chi connectivity index (χ2n) is 5.92. The van der Waals surface area contributed by atoms with Crippen molar-refractivity contribution in [3.05, 3.63) is 29.8 Å². The Bertz CT molecular complexity index is 588. The molecule has 9 heteroatoms. The molecule has 162 valence electrons. The van der Waals surface area contributed by atoms with E-state index in [1.54, 1.807) is 24.3 Å². The van der Waals surface area contributed by atoms with Gasteiger partial charge in [-0.1, -0.05) is 17.7 Å². The fraction of sp³-hybridized carbons (Fsp3) is 0.684. The van der Waals surface area contributed by atoms with Gasteiger partial charge in [-0.15, -0.1) is 0 Å². The molecule has 0 aliphatic rings. The maximum absolute atomic E-state index is 12.1. The van der Waals surface area contributed by atoms with E-state index in [4.69, 9.17) is 28.8 Å². The Balaban J connectivity index is 1.88. The number of aryl methyl sites for hydroxylation is 1. The van der Waals surface area contributed by atoms with E-state index in [9.17, 15) is 8.42 Å². The van der Waals surface area contributed by atoms with Crippen LogP contribution in [0.4, 0.5) is 0 Å². The number of benzene rings is 1. The normalized spacial score (nSPS) is 11.8. The van der Waals surface area contributed by atoms with Crippen molar-refractivity contribution in [1.82, 2.24) is 0 Å². The minimum Gasteiger partial charge on any atom is -0.394 e. The zero-order valence-corrected chi connectivity index (χ0v) is 17.3. The van der Waals surface area contributed by atoms with Crippen molar-refractivity contribution in [3.63, 3.8) is 0 Å². The van der Waals surface area contributed by atoms with Crippen molar-refractivity contribution >= 4 is 9.84 Å². The molecule has 0 aromatic heterocycles. The summed E-state index contributed by atoms with van der Waals surface area (Å²) in [7, 11) is -3.31. The molecule has 0 unspecified atom stereocenters. The molecule has 0 aliphatic heterocycles. The van der Waals surface area contributed by atoms with Crippen LogP contribution in [-0.2, 0) is 33.5 Å². The Morgan fingerprint density at radius 1 is 0.679 bits per heavy atom. The van der Waals surface area contributed by atoms with Gasteiger partial charge < -0.3 is 28.8 Å². The maximum atomic E-state index is 12.1. The van der Waals surface area contributed by atoms with Crippen LogP contribution in [0, 0.1) is 6.92 Å². The van der Waals surface area contributed by atoms with Crippen molar-refractivity contribution in [2.75, 3.05) is 78.4 Å². The minimum atomic E-state index is -3.31. The van der Waals surface area contributed by atoms with Gasteiger partial charge in [-0.2, -0.15) is 0 Å². The largest absolute Gasteiger partial charge is 0.394 e. The van der Waals surface area contributed by atoms with Crippen LogP contribution in [0.2, 0.25) is 0 Å². The van der Waals surface area contributed by atoms with E-state index in [-0.39, 0.29) is 19.0 Å². The molecule has 0 spiro atoms. The molecule has 0 bridgehead atoms. The van der Waals surface area contributed by atoms with Gasteiger partial charge in [-0.25, -0.2) is 8.42 Å². The van der Waals surface area contributed by atoms with Crippen LogP contribution in [0.5, 0.6) is 0 Å². The molecule has 1 N–H and O–H groups in total. The molecule has 0 saturated heterocycles. The van der Waals surface area contributed by atoms with Crippen LogP contribution < -0.4 is 0 Å². The molecule has 1 rings (SSSR count). The maximum Gasteiger partial charge on any atom is 0.180 e. The summed E-state index contributed by atoms with van der Waals surface area (Å²) in [6, 6.07) is 6.79. The molecule has 0 heterocycles. The molecule has 8 nitrogen and oxygen atoms in total. The van der Waals surface area contributed by atoms with Crippen LogP contribution in [-0.4, -0.2) is 92.0 Å². The first-order valence-electron chi connectivity index (χ1n) is 9.35. The highest BCUT2D eigenvalue weighted by Crippen LogP contribution is 2.11. The van der Waals surface area contributed by atoms with Crippen LogP contribution in [0.15, 0.2) is 29.2 Å². The lowest BCUT2D eigenvalue weighted by Gasteiger charge is -2.08. The van der Waals surface area contributed by atoms with E-state index in [2.05, 4.69) is 0 Å². The Labute approximate surface area is 167 Å². The monoisotopic (exact) mass is 420 g/mol. The number of sulfone groups is 1. The molecular formula is C19H32O8S. The summed E-state index contributed by atoms with van der Waals surface area (Å²) >= 11 is 0. The van der Waals surface area contributed by atoms with Crippen molar-refractivity contribution in [2.45, 2.75) is 11.8 Å². The highest BCUT2D eigenvalue weighted by Gasteiger charge is 2.13. The predicted octanol–water partition coefficient (Wildman–Crippen LogP) is 0.844. The summed E-state index contributed by atoms with van der Waals surface area (Å²) in [4.78, 5) is 0.316. The van der Waals surface area contributed by atoms with Gasteiger partial charge in [0.1, 0.15) is 0 Å². The van der Waals surface area contributed by atoms with Gasteiger partial charge in [0.15, 0.2) is 9.84 Å². The predicted molar refractivity (Wildman–Crippen MR) is 104 cm³/mol. The second-order valence-corrected chi connectivity index (χ2v) is 8.03. The Morgan fingerprint density at radius 3 is 1.50 bits per heavy atom. The minimum absolute atomic E-state index is 0.0146. The molecule has 28 heavy (non-hydrogen) atoms. The van der Waals surface area contributed by atoms with Crippen LogP contribution >= 0.6 is 0 Å². The fourth-order valence-electron chi connectivity index (χ4n) is 2.08. The van der Waals surface area contributed by atoms with E-state index in [0.29, 0.717) is 64.4 Å². The molecular weight excluding hydrogens is 388 g/mol. The Hall–Kier alpha value is -1.07. The molecule has 1 aromatic rings. The third-order valence-electron chi connectivity index (χ3n) is 3.60. The number of ether oxygens (including phenoxy) is 5. The van der Waals surface area contributed by atoms with E-state index >= 15 is 0 Å². The van der Waals surface area contributed by atoms with Gasteiger partial charge >= 0.3 is 0 Å². The first-order chi connectivity index (χ1) is 13.6. The first kappa shape index (κ1) is 25.0. The van der Waals surface area contributed by atoms with Crippen molar-refractivity contribution in [2.24, 2.45) is 0 Å². The second kappa shape index (κ2) is 15.8. The Kier molecular flexibility index (Phi) is 14.1. The number of hydrogen-bond donors (Lipinski definition) is 1. The SMILES string of the molecule is Cc1ccc(S(=O)(=O)CCOCCOCCOCCOCCOCCO)cc1. The molecule has 0 saturated carbocycles. The molecule has 0 fully saturated rings. The fourth-order valence-corrected chi connectivity index (χ4v) is 3.20. The van der Waals surface area contributed by atoms with Gasteiger partial charge in [0.2, 0.25) is 0 Å². The Morgan fingerprint density at radius 2 is 1.07 bits per heavy atom. The smallest absolute Gasteiger partial charge is 0.180 e. The number of hydrogen-bond acceptors (Lipinski definition) is 8. The topological polar surface area (TPSA) is 101 Å². The van der Waals surface area contributed by atoms with E-state index in [1.165, 1.54) is 0 Å². The van der Waals surface area contributed by atoms with Gasteiger partial charge in [-0.05, 0) is 19.1 Å². The highest BCUT2D eigenvalue weighted by molar-refractivity contribution is 7.91. The highest BCUT2D eigenvalue weighted by atomic mass is 32.2.